The third-order valence-corrected chi connectivity index (χ3v) is 3.85. The van der Waals surface area contributed by atoms with E-state index < -0.39 is 48.3 Å². The Labute approximate surface area is 147 Å². The van der Waals surface area contributed by atoms with Crippen molar-refractivity contribution in [1.29, 1.82) is 0 Å². The molecular weight excluding hydrogens is 330 g/mol. The Morgan fingerprint density at radius 1 is 1.00 bits per heavy atom. The van der Waals surface area contributed by atoms with Crippen molar-refractivity contribution < 1.29 is 29.4 Å². The van der Waals surface area contributed by atoms with E-state index >= 15 is 0 Å². The number of carboxylic acid groups (broad SMARTS) is 2. The number of nitrogens with one attached hydrogen (secondary N) is 2. The van der Waals surface area contributed by atoms with Crippen LogP contribution in [-0.4, -0.2) is 52.1 Å². The molecule has 6 N–H and O–H groups in total. The molecule has 9 heteroatoms. The minimum atomic E-state index is -1.57. The molecule has 2 amide bonds. The van der Waals surface area contributed by atoms with Gasteiger partial charge in [0.15, 0.2) is 0 Å². The number of carboxylic acids is 2. The molecule has 25 heavy (non-hydrogen) atoms. The van der Waals surface area contributed by atoms with Gasteiger partial charge in [-0.1, -0.05) is 34.1 Å². The first-order valence-electron chi connectivity index (χ1n) is 8.30. The molecule has 144 valence electrons. The van der Waals surface area contributed by atoms with Gasteiger partial charge in [0.05, 0.1) is 12.5 Å². The lowest BCUT2D eigenvalue weighted by atomic mass is 9.96. The molecule has 0 aromatic carbocycles. The summed E-state index contributed by atoms with van der Waals surface area (Å²) in [6.07, 6.45) is 0.237. The molecule has 0 bridgehead atoms. The van der Waals surface area contributed by atoms with Gasteiger partial charge in [-0.3, -0.25) is 14.4 Å². The Kier molecular flexibility index (Phi) is 9.73. The second-order valence-corrected chi connectivity index (χ2v) is 6.61. The molecule has 0 aromatic heterocycles. The second kappa shape index (κ2) is 10.7. The minimum absolute atomic E-state index is 0.198. The summed E-state index contributed by atoms with van der Waals surface area (Å²) in [5.74, 6) is -4.14. The van der Waals surface area contributed by atoms with E-state index in [-0.39, 0.29) is 11.8 Å². The van der Waals surface area contributed by atoms with Crippen molar-refractivity contribution in [1.82, 2.24) is 10.6 Å². The number of hydrogen-bond acceptors (Lipinski definition) is 5. The number of carbonyl (C=O) groups excluding carboxylic acids is 2. The Balaban J connectivity index is 5.12. The summed E-state index contributed by atoms with van der Waals surface area (Å²) in [7, 11) is 0. The van der Waals surface area contributed by atoms with Crippen molar-refractivity contribution in [2.45, 2.75) is 65.1 Å². The van der Waals surface area contributed by atoms with Gasteiger partial charge in [0, 0.05) is 0 Å². The van der Waals surface area contributed by atoms with Crippen LogP contribution in [-0.2, 0) is 19.2 Å². The van der Waals surface area contributed by atoms with Gasteiger partial charge in [0.25, 0.3) is 0 Å². The standard InChI is InChI=1S/C16H29N3O6/c1-5-9(4)13(19-14(22)10(17)6-8(2)3)15(23)18-11(16(24)25)7-12(20)21/h8-11,13H,5-7,17H2,1-4H3,(H,18,23)(H,19,22)(H,20,21)(H,24,25). The quantitative estimate of drug-likeness (QED) is 0.345. The van der Waals surface area contributed by atoms with Crippen LogP contribution in [0.1, 0.15) is 47.0 Å². The third kappa shape index (κ3) is 8.48. The molecule has 4 unspecified atom stereocenters. The molecule has 0 saturated carbocycles. The lowest BCUT2D eigenvalue weighted by Crippen LogP contribution is -2.57. The molecule has 0 saturated heterocycles. The molecule has 0 heterocycles. The number of carbonyl (C=O) groups is 4. The molecule has 0 fully saturated rings. The van der Waals surface area contributed by atoms with Gasteiger partial charge in [-0.05, 0) is 18.3 Å². The molecule has 4 atom stereocenters. The first kappa shape index (κ1) is 22.8. The average Bonchev–Trinajstić information content (AvgIpc) is 2.49. The number of amides is 2. The van der Waals surface area contributed by atoms with E-state index in [0.717, 1.165) is 0 Å². The Bertz CT molecular complexity index is 494. The molecule has 0 aliphatic heterocycles. The van der Waals surface area contributed by atoms with E-state index in [1.807, 2.05) is 20.8 Å². The number of nitrogens with two attached hydrogens (primary N) is 1. The fourth-order valence-electron chi connectivity index (χ4n) is 2.21. The van der Waals surface area contributed by atoms with Gasteiger partial charge in [-0.2, -0.15) is 0 Å². The van der Waals surface area contributed by atoms with Crippen molar-refractivity contribution in [3.63, 3.8) is 0 Å². The van der Waals surface area contributed by atoms with Crippen molar-refractivity contribution in [2.24, 2.45) is 17.6 Å². The van der Waals surface area contributed by atoms with Crippen LogP contribution in [0.15, 0.2) is 0 Å². The highest BCUT2D eigenvalue weighted by atomic mass is 16.4. The second-order valence-electron chi connectivity index (χ2n) is 6.61. The number of aliphatic carboxylic acids is 2. The summed E-state index contributed by atoms with van der Waals surface area (Å²) >= 11 is 0. The molecule has 0 rings (SSSR count). The monoisotopic (exact) mass is 359 g/mol. The summed E-state index contributed by atoms with van der Waals surface area (Å²) in [4.78, 5) is 46.4. The zero-order valence-corrected chi connectivity index (χ0v) is 15.1. The van der Waals surface area contributed by atoms with E-state index in [2.05, 4.69) is 10.6 Å². The fraction of sp³-hybridized carbons (Fsp3) is 0.750. The normalized spacial score (nSPS) is 15.8. The maximum atomic E-state index is 12.4. The lowest BCUT2D eigenvalue weighted by Gasteiger charge is -2.26. The van der Waals surface area contributed by atoms with Crippen LogP contribution in [0.3, 0.4) is 0 Å². The summed E-state index contributed by atoms with van der Waals surface area (Å²) in [6, 6.07) is -3.35. The summed E-state index contributed by atoms with van der Waals surface area (Å²) < 4.78 is 0. The van der Waals surface area contributed by atoms with Crippen molar-refractivity contribution in [2.75, 3.05) is 0 Å². The van der Waals surface area contributed by atoms with Crippen LogP contribution in [0, 0.1) is 11.8 Å². The van der Waals surface area contributed by atoms with Gasteiger partial charge in [-0.25, -0.2) is 4.79 Å². The molecule has 0 aromatic rings. The first-order valence-corrected chi connectivity index (χ1v) is 8.30. The van der Waals surface area contributed by atoms with Crippen molar-refractivity contribution in [3.8, 4) is 0 Å². The van der Waals surface area contributed by atoms with Gasteiger partial charge in [-0.15, -0.1) is 0 Å². The largest absolute Gasteiger partial charge is 0.481 e. The summed E-state index contributed by atoms with van der Waals surface area (Å²) in [5, 5.41) is 22.5. The van der Waals surface area contributed by atoms with Crippen LogP contribution >= 0.6 is 0 Å². The minimum Gasteiger partial charge on any atom is -0.481 e. The highest BCUT2D eigenvalue weighted by Crippen LogP contribution is 2.10. The smallest absolute Gasteiger partial charge is 0.326 e. The average molecular weight is 359 g/mol. The third-order valence-electron chi connectivity index (χ3n) is 3.85. The summed E-state index contributed by atoms with van der Waals surface area (Å²) in [5.41, 5.74) is 5.81. The predicted molar refractivity (Wildman–Crippen MR) is 90.6 cm³/mol. The first-order chi connectivity index (χ1) is 11.5. The van der Waals surface area contributed by atoms with Crippen LogP contribution in [0.4, 0.5) is 0 Å². The Hall–Kier alpha value is -2.16. The van der Waals surface area contributed by atoms with E-state index in [0.29, 0.717) is 12.8 Å². The maximum Gasteiger partial charge on any atom is 0.326 e. The van der Waals surface area contributed by atoms with Crippen LogP contribution < -0.4 is 16.4 Å². The van der Waals surface area contributed by atoms with Gasteiger partial charge < -0.3 is 26.6 Å². The van der Waals surface area contributed by atoms with E-state index in [4.69, 9.17) is 15.9 Å². The highest BCUT2D eigenvalue weighted by Gasteiger charge is 2.31. The number of rotatable bonds is 11. The van der Waals surface area contributed by atoms with Crippen LogP contribution in [0.2, 0.25) is 0 Å². The van der Waals surface area contributed by atoms with Crippen LogP contribution in [0.25, 0.3) is 0 Å². The Morgan fingerprint density at radius 2 is 1.56 bits per heavy atom. The number of hydrogen-bond donors (Lipinski definition) is 5. The van der Waals surface area contributed by atoms with E-state index in [1.165, 1.54) is 0 Å². The SMILES string of the molecule is CCC(C)C(NC(=O)C(N)CC(C)C)C(=O)NC(CC(=O)O)C(=O)O. The predicted octanol–water partition coefficient (Wildman–Crippen LogP) is -0.0652. The topological polar surface area (TPSA) is 159 Å². The van der Waals surface area contributed by atoms with Gasteiger partial charge >= 0.3 is 11.9 Å². The molecule has 0 aliphatic rings. The van der Waals surface area contributed by atoms with Crippen molar-refractivity contribution in [3.05, 3.63) is 0 Å². The molecular formula is C16H29N3O6. The summed E-state index contributed by atoms with van der Waals surface area (Å²) in [6.45, 7) is 7.37. The molecule has 0 aliphatic carbocycles. The van der Waals surface area contributed by atoms with E-state index in [9.17, 15) is 19.2 Å². The van der Waals surface area contributed by atoms with Gasteiger partial charge in [0.2, 0.25) is 11.8 Å². The maximum absolute atomic E-state index is 12.4. The zero-order chi connectivity index (χ0) is 19.7. The van der Waals surface area contributed by atoms with E-state index in [1.54, 1.807) is 6.92 Å². The van der Waals surface area contributed by atoms with Crippen molar-refractivity contribution >= 4 is 23.8 Å². The van der Waals surface area contributed by atoms with Gasteiger partial charge in [0.1, 0.15) is 12.1 Å². The highest BCUT2D eigenvalue weighted by molar-refractivity contribution is 5.92. The van der Waals surface area contributed by atoms with Crippen LogP contribution in [0.5, 0.6) is 0 Å². The molecule has 0 spiro atoms. The molecule has 9 nitrogen and oxygen atoms in total. The molecule has 0 radical (unpaired) electrons. The Morgan fingerprint density at radius 3 is 1.96 bits per heavy atom. The fourth-order valence-corrected chi connectivity index (χ4v) is 2.21. The zero-order valence-electron chi connectivity index (χ0n) is 15.1. The lowest BCUT2D eigenvalue weighted by molar-refractivity contribution is -0.147.